The average molecular weight is 455 g/mol. The number of carbonyl (C=O) groups is 2. The zero-order valence-corrected chi connectivity index (χ0v) is 18.0. The molecule has 0 aromatic heterocycles. The Labute approximate surface area is 188 Å². The van der Waals surface area contributed by atoms with Crippen molar-refractivity contribution >= 4 is 52.5 Å². The Hall–Kier alpha value is -2.73. The first kappa shape index (κ1) is 20.5. The maximum atomic E-state index is 13.2. The van der Waals surface area contributed by atoms with Crippen molar-refractivity contribution in [1.29, 1.82) is 0 Å². The number of halogens is 2. The standard InChI is InChI=1S/C23H16Cl2N2O2S/c24-16-6-10-18(11-7-16)26-20-21(30-19-12-8-17(25)9-13-19)23(29)27(22(20)28)14-15-4-2-1-3-5-15/h1-13,26H,14H2. The van der Waals surface area contributed by atoms with Crippen LogP contribution in [0.4, 0.5) is 5.69 Å². The minimum absolute atomic E-state index is 0.203. The number of benzene rings is 3. The Morgan fingerprint density at radius 1 is 0.767 bits per heavy atom. The van der Waals surface area contributed by atoms with Crippen LogP contribution in [0.3, 0.4) is 0 Å². The second-order valence-electron chi connectivity index (χ2n) is 6.57. The molecule has 1 N–H and O–H groups in total. The van der Waals surface area contributed by atoms with Crippen LogP contribution in [0.25, 0.3) is 0 Å². The van der Waals surface area contributed by atoms with Crippen molar-refractivity contribution in [3.8, 4) is 0 Å². The molecule has 3 aromatic carbocycles. The second kappa shape index (κ2) is 8.96. The fourth-order valence-electron chi connectivity index (χ4n) is 2.97. The summed E-state index contributed by atoms with van der Waals surface area (Å²) in [4.78, 5) is 28.8. The predicted octanol–water partition coefficient (Wildman–Crippen LogP) is 5.98. The van der Waals surface area contributed by atoms with Crippen LogP contribution < -0.4 is 5.32 Å². The summed E-state index contributed by atoms with van der Waals surface area (Å²) in [6.45, 7) is 0.203. The van der Waals surface area contributed by atoms with Gasteiger partial charge in [-0.15, -0.1) is 0 Å². The van der Waals surface area contributed by atoms with Gasteiger partial charge in [0.1, 0.15) is 10.6 Å². The van der Waals surface area contributed by atoms with Crippen LogP contribution in [0.15, 0.2) is 94.4 Å². The Morgan fingerprint density at radius 3 is 2.00 bits per heavy atom. The van der Waals surface area contributed by atoms with E-state index >= 15 is 0 Å². The molecule has 0 saturated carbocycles. The van der Waals surface area contributed by atoms with Gasteiger partial charge in [0, 0.05) is 20.6 Å². The highest BCUT2D eigenvalue weighted by Gasteiger charge is 2.39. The lowest BCUT2D eigenvalue weighted by atomic mass is 10.2. The molecule has 150 valence electrons. The van der Waals surface area contributed by atoms with Gasteiger partial charge in [0.15, 0.2) is 0 Å². The van der Waals surface area contributed by atoms with Crippen molar-refractivity contribution < 1.29 is 9.59 Å². The van der Waals surface area contributed by atoms with Crippen molar-refractivity contribution in [3.05, 3.63) is 105 Å². The maximum absolute atomic E-state index is 13.2. The first-order chi connectivity index (χ1) is 14.5. The number of nitrogens with one attached hydrogen (secondary N) is 1. The minimum atomic E-state index is -0.365. The van der Waals surface area contributed by atoms with Gasteiger partial charge in [-0.05, 0) is 54.1 Å². The highest BCUT2D eigenvalue weighted by molar-refractivity contribution is 8.04. The van der Waals surface area contributed by atoms with Gasteiger partial charge in [-0.2, -0.15) is 0 Å². The third-order valence-corrected chi connectivity index (χ3v) is 6.05. The van der Waals surface area contributed by atoms with Crippen molar-refractivity contribution in [2.75, 3.05) is 5.32 Å². The van der Waals surface area contributed by atoms with E-state index < -0.39 is 0 Å². The number of anilines is 1. The molecule has 0 unspecified atom stereocenters. The molecule has 4 rings (SSSR count). The van der Waals surface area contributed by atoms with Crippen LogP contribution in [-0.4, -0.2) is 16.7 Å². The summed E-state index contributed by atoms with van der Waals surface area (Å²) in [5.74, 6) is -0.699. The Kier molecular flexibility index (Phi) is 6.13. The molecular weight excluding hydrogens is 439 g/mol. The highest BCUT2D eigenvalue weighted by Crippen LogP contribution is 2.37. The molecule has 0 aliphatic carbocycles. The van der Waals surface area contributed by atoms with E-state index in [1.807, 2.05) is 42.5 Å². The van der Waals surface area contributed by atoms with Gasteiger partial charge in [-0.25, -0.2) is 0 Å². The summed E-state index contributed by atoms with van der Waals surface area (Å²) >= 11 is 13.2. The SMILES string of the molecule is O=C1C(Nc2ccc(Cl)cc2)=C(Sc2ccc(Cl)cc2)C(=O)N1Cc1ccccc1. The third kappa shape index (κ3) is 4.54. The fourth-order valence-corrected chi connectivity index (χ4v) is 4.16. The van der Waals surface area contributed by atoms with Crippen molar-refractivity contribution in [1.82, 2.24) is 4.90 Å². The Morgan fingerprint density at radius 2 is 1.37 bits per heavy atom. The molecule has 30 heavy (non-hydrogen) atoms. The lowest BCUT2D eigenvalue weighted by Gasteiger charge is -2.15. The van der Waals surface area contributed by atoms with E-state index in [0.717, 1.165) is 10.5 Å². The smallest absolute Gasteiger partial charge is 0.278 e. The number of hydrogen-bond donors (Lipinski definition) is 1. The molecule has 1 aliphatic heterocycles. The molecule has 0 atom stereocenters. The summed E-state index contributed by atoms with van der Waals surface area (Å²) in [5.41, 5.74) is 1.80. The van der Waals surface area contributed by atoms with E-state index in [4.69, 9.17) is 23.2 Å². The summed E-state index contributed by atoms with van der Waals surface area (Å²) in [7, 11) is 0. The van der Waals surface area contributed by atoms with Gasteiger partial charge in [0.05, 0.1) is 6.54 Å². The fraction of sp³-hybridized carbons (Fsp3) is 0.0435. The van der Waals surface area contributed by atoms with Gasteiger partial charge in [-0.3, -0.25) is 14.5 Å². The number of hydrogen-bond acceptors (Lipinski definition) is 4. The van der Waals surface area contributed by atoms with E-state index in [1.165, 1.54) is 16.7 Å². The molecule has 1 aliphatic rings. The Balaban J connectivity index is 1.67. The molecule has 0 bridgehead atoms. The van der Waals surface area contributed by atoms with E-state index in [9.17, 15) is 9.59 Å². The summed E-state index contributed by atoms with van der Waals surface area (Å²) in [6.07, 6.45) is 0. The van der Waals surface area contributed by atoms with Crippen molar-refractivity contribution in [2.24, 2.45) is 0 Å². The molecule has 0 radical (unpaired) electrons. The van der Waals surface area contributed by atoms with E-state index in [1.54, 1.807) is 36.4 Å². The topological polar surface area (TPSA) is 49.4 Å². The lowest BCUT2D eigenvalue weighted by Crippen LogP contribution is -2.31. The number of rotatable bonds is 6. The molecular formula is C23H16Cl2N2O2S. The summed E-state index contributed by atoms with van der Waals surface area (Å²) < 4.78 is 0. The molecule has 3 aromatic rings. The van der Waals surface area contributed by atoms with Crippen molar-refractivity contribution in [3.63, 3.8) is 0 Å². The van der Waals surface area contributed by atoms with Crippen LogP contribution in [0.5, 0.6) is 0 Å². The van der Waals surface area contributed by atoms with Crippen LogP contribution in [-0.2, 0) is 16.1 Å². The Bertz CT molecular complexity index is 1040. The van der Waals surface area contributed by atoms with Crippen LogP contribution >= 0.6 is 35.0 Å². The van der Waals surface area contributed by atoms with Gasteiger partial charge in [0.25, 0.3) is 11.8 Å². The normalized spacial score (nSPS) is 13.9. The van der Waals surface area contributed by atoms with Gasteiger partial charge in [-0.1, -0.05) is 65.3 Å². The quantitative estimate of drug-likeness (QED) is 0.465. The van der Waals surface area contributed by atoms with E-state index in [-0.39, 0.29) is 24.1 Å². The number of carbonyl (C=O) groups excluding carboxylic acids is 2. The second-order valence-corrected chi connectivity index (χ2v) is 8.53. The first-order valence-electron chi connectivity index (χ1n) is 9.11. The van der Waals surface area contributed by atoms with Crippen LogP contribution in [0.1, 0.15) is 5.56 Å². The van der Waals surface area contributed by atoms with E-state index in [2.05, 4.69) is 5.32 Å². The summed E-state index contributed by atoms with van der Waals surface area (Å²) in [6, 6.07) is 23.5. The monoisotopic (exact) mass is 454 g/mol. The van der Waals surface area contributed by atoms with Crippen LogP contribution in [0.2, 0.25) is 10.0 Å². The number of thioether (sulfide) groups is 1. The largest absolute Gasteiger partial charge is 0.350 e. The number of nitrogens with zero attached hydrogens (tertiary/aromatic N) is 1. The lowest BCUT2D eigenvalue weighted by molar-refractivity contribution is -0.137. The number of imide groups is 1. The molecule has 7 heteroatoms. The molecule has 2 amide bonds. The average Bonchev–Trinajstić information content (AvgIpc) is 2.96. The van der Waals surface area contributed by atoms with Gasteiger partial charge in [0.2, 0.25) is 0 Å². The van der Waals surface area contributed by atoms with Gasteiger partial charge >= 0.3 is 0 Å². The zero-order chi connectivity index (χ0) is 21.1. The molecule has 0 saturated heterocycles. The molecule has 0 fully saturated rings. The number of amides is 2. The van der Waals surface area contributed by atoms with Gasteiger partial charge < -0.3 is 5.32 Å². The summed E-state index contributed by atoms with van der Waals surface area (Å²) in [5, 5.41) is 4.30. The zero-order valence-electron chi connectivity index (χ0n) is 15.6. The van der Waals surface area contributed by atoms with E-state index in [0.29, 0.717) is 20.6 Å². The molecule has 0 spiro atoms. The molecule has 4 nitrogen and oxygen atoms in total. The molecule has 1 heterocycles. The maximum Gasteiger partial charge on any atom is 0.278 e. The van der Waals surface area contributed by atoms with Crippen LogP contribution in [0, 0.1) is 0 Å². The first-order valence-corrected chi connectivity index (χ1v) is 10.7. The third-order valence-electron chi connectivity index (χ3n) is 4.46. The highest BCUT2D eigenvalue weighted by atomic mass is 35.5. The predicted molar refractivity (Wildman–Crippen MR) is 121 cm³/mol. The van der Waals surface area contributed by atoms with Crippen molar-refractivity contribution in [2.45, 2.75) is 11.4 Å². The minimum Gasteiger partial charge on any atom is -0.350 e.